The molecule has 1 rings (SSSR count). The zero-order valence-electron chi connectivity index (χ0n) is 8.69. The van der Waals surface area contributed by atoms with Crippen LogP contribution in [0.3, 0.4) is 0 Å². The van der Waals surface area contributed by atoms with Crippen LogP contribution in [0, 0.1) is 0 Å². The third kappa shape index (κ3) is 5.27. The average Bonchev–Trinajstić information content (AvgIpc) is 2.67. The predicted molar refractivity (Wildman–Crippen MR) is 63.2 cm³/mol. The molecule has 15 heavy (non-hydrogen) atoms. The van der Waals surface area contributed by atoms with Crippen LogP contribution < -0.4 is 9.44 Å². The van der Waals surface area contributed by atoms with Gasteiger partial charge in [-0.05, 0) is 24.3 Å². The van der Waals surface area contributed by atoms with Crippen LogP contribution >= 0.6 is 11.3 Å². The van der Waals surface area contributed by atoms with E-state index in [1.54, 1.807) is 11.3 Å². The Balaban J connectivity index is 2.24. The van der Waals surface area contributed by atoms with Gasteiger partial charge in [0.1, 0.15) is 0 Å². The Bertz CT molecular complexity index is 359. The van der Waals surface area contributed by atoms with Gasteiger partial charge in [-0.15, -0.1) is 11.3 Å². The molecule has 0 aliphatic rings. The fraction of sp³-hybridized carbons (Fsp3) is 0.556. The van der Waals surface area contributed by atoms with E-state index in [2.05, 4.69) is 9.44 Å². The van der Waals surface area contributed by atoms with Crippen molar-refractivity contribution in [1.29, 1.82) is 0 Å². The number of hydrogen-bond acceptors (Lipinski definition) is 3. The highest BCUT2D eigenvalue weighted by atomic mass is 32.2. The summed E-state index contributed by atoms with van der Waals surface area (Å²) < 4.78 is 27.6. The molecular formula is C9H16N2O2S2. The van der Waals surface area contributed by atoms with Gasteiger partial charge in [0, 0.05) is 18.0 Å². The molecule has 0 saturated carbocycles. The number of thiophene rings is 1. The van der Waals surface area contributed by atoms with Gasteiger partial charge in [-0.2, -0.15) is 8.42 Å². The minimum Gasteiger partial charge on any atom is -0.202 e. The summed E-state index contributed by atoms with van der Waals surface area (Å²) in [6.45, 7) is 2.85. The van der Waals surface area contributed by atoms with Crippen molar-refractivity contribution in [2.45, 2.75) is 19.8 Å². The fourth-order valence-corrected chi connectivity index (χ4v) is 2.71. The van der Waals surface area contributed by atoms with Crippen molar-refractivity contribution >= 4 is 21.5 Å². The number of rotatable bonds is 7. The molecule has 4 nitrogen and oxygen atoms in total. The molecule has 0 bridgehead atoms. The van der Waals surface area contributed by atoms with Crippen LogP contribution in [0.1, 0.15) is 18.2 Å². The molecule has 0 aliphatic carbocycles. The summed E-state index contributed by atoms with van der Waals surface area (Å²) in [5, 5.41) is 1.99. The summed E-state index contributed by atoms with van der Waals surface area (Å²) in [5.41, 5.74) is 0. The van der Waals surface area contributed by atoms with Gasteiger partial charge in [-0.25, -0.2) is 9.44 Å². The summed E-state index contributed by atoms with van der Waals surface area (Å²) in [5.74, 6) is 0. The van der Waals surface area contributed by atoms with Crippen LogP contribution in [0.25, 0.3) is 0 Å². The summed E-state index contributed by atoms with van der Waals surface area (Å²) in [4.78, 5) is 1.19. The Labute approximate surface area is 94.9 Å². The van der Waals surface area contributed by atoms with Crippen LogP contribution in [-0.4, -0.2) is 21.5 Å². The van der Waals surface area contributed by atoms with Gasteiger partial charge in [0.2, 0.25) is 0 Å². The van der Waals surface area contributed by atoms with E-state index in [1.165, 1.54) is 4.88 Å². The Morgan fingerprint density at radius 3 is 2.67 bits per heavy atom. The Morgan fingerprint density at radius 1 is 1.33 bits per heavy atom. The van der Waals surface area contributed by atoms with Crippen molar-refractivity contribution in [1.82, 2.24) is 9.44 Å². The van der Waals surface area contributed by atoms with E-state index < -0.39 is 10.2 Å². The molecule has 0 amide bonds. The lowest BCUT2D eigenvalue weighted by molar-refractivity contribution is 0.566. The van der Waals surface area contributed by atoms with E-state index in [4.69, 9.17) is 0 Å². The van der Waals surface area contributed by atoms with Crippen molar-refractivity contribution in [3.05, 3.63) is 22.4 Å². The highest BCUT2D eigenvalue weighted by Crippen LogP contribution is 2.08. The molecule has 1 aromatic rings. The molecule has 1 aromatic heterocycles. The highest BCUT2D eigenvalue weighted by Gasteiger charge is 2.06. The van der Waals surface area contributed by atoms with Gasteiger partial charge >= 0.3 is 0 Å². The molecule has 0 aromatic carbocycles. The molecule has 0 unspecified atom stereocenters. The van der Waals surface area contributed by atoms with E-state index in [0.29, 0.717) is 13.1 Å². The molecule has 2 N–H and O–H groups in total. The van der Waals surface area contributed by atoms with Crippen molar-refractivity contribution in [2.24, 2.45) is 0 Å². The first-order valence-corrected chi connectivity index (χ1v) is 7.27. The van der Waals surface area contributed by atoms with Crippen molar-refractivity contribution < 1.29 is 8.42 Å². The lowest BCUT2D eigenvalue weighted by Crippen LogP contribution is -2.37. The van der Waals surface area contributed by atoms with E-state index in [1.807, 2.05) is 24.4 Å². The Kier molecular flexibility index (Phi) is 5.24. The zero-order valence-corrected chi connectivity index (χ0v) is 10.3. The van der Waals surface area contributed by atoms with E-state index in [-0.39, 0.29) is 0 Å². The first kappa shape index (κ1) is 12.6. The molecular weight excluding hydrogens is 232 g/mol. The quantitative estimate of drug-likeness (QED) is 0.760. The third-order valence-corrected chi connectivity index (χ3v) is 3.89. The molecule has 0 radical (unpaired) electrons. The van der Waals surface area contributed by atoms with E-state index in [9.17, 15) is 8.42 Å². The molecule has 0 fully saturated rings. The van der Waals surface area contributed by atoms with Gasteiger partial charge < -0.3 is 0 Å². The molecule has 0 spiro atoms. The van der Waals surface area contributed by atoms with Gasteiger partial charge in [-0.1, -0.05) is 13.0 Å². The maximum atomic E-state index is 11.3. The summed E-state index contributed by atoms with van der Waals surface area (Å²) >= 11 is 1.64. The Morgan fingerprint density at radius 2 is 2.07 bits per heavy atom. The van der Waals surface area contributed by atoms with Crippen LogP contribution in [-0.2, 0) is 16.6 Å². The normalized spacial score (nSPS) is 11.8. The predicted octanol–water partition coefficient (Wildman–Crippen LogP) is 1.12. The maximum Gasteiger partial charge on any atom is 0.276 e. The molecule has 1 heterocycles. The van der Waals surface area contributed by atoms with E-state index in [0.717, 1.165) is 12.8 Å². The Hall–Kier alpha value is -0.430. The van der Waals surface area contributed by atoms with Gasteiger partial charge in [-0.3, -0.25) is 0 Å². The van der Waals surface area contributed by atoms with Gasteiger partial charge in [0.05, 0.1) is 0 Å². The second-order valence-electron chi connectivity index (χ2n) is 3.12. The number of nitrogens with one attached hydrogen (secondary N) is 2. The topological polar surface area (TPSA) is 58.2 Å². The zero-order chi connectivity index (χ0) is 11.1. The first-order valence-electron chi connectivity index (χ1n) is 4.90. The van der Waals surface area contributed by atoms with E-state index >= 15 is 0 Å². The second kappa shape index (κ2) is 6.22. The lowest BCUT2D eigenvalue weighted by Gasteiger charge is -2.06. The summed E-state index contributed by atoms with van der Waals surface area (Å²) in [6.07, 6.45) is 1.54. The summed E-state index contributed by atoms with van der Waals surface area (Å²) in [7, 11) is -3.29. The van der Waals surface area contributed by atoms with Crippen LogP contribution in [0.2, 0.25) is 0 Å². The molecule has 0 aliphatic heterocycles. The third-order valence-electron chi connectivity index (χ3n) is 1.79. The molecule has 86 valence electrons. The smallest absolute Gasteiger partial charge is 0.202 e. The highest BCUT2D eigenvalue weighted by molar-refractivity contribution is 7.87. The lowest BCUT2D eigenvalue weighted by atomic mass is 10.3. The van der Waals surface area contributed by atoms with Crippen molar-refractivity contribution in [2.75, 3.05) is 13.1 Å². The first-order chi connectivity index (χ1) is 7.14. The average molecular weight is 248 g/mol. The number of hydrogen-bond donors (Lipinski definition) is 2. The van der Waals surface area contributed by atoms with Gasteiger partial charge in [0.25, 0.3) is 10.2 Å². The molecule has 0 saturated heterocycles. The second-order valence-corrected chi connectivity index (χ2v) is 5.74. The van der Waals surface area contributed by atoms with Crippen LogP contribution in [0.15, 0.2) is 17.5 Å². The standard InChI is InChI=1S/C9H16N2O2S2/c1-2-6-10-15(12,13)11-7-5-9-4-3-8-14-9/h3-4,8,10-11H,2,5-7H2,1H3. The van der Waals surface area contributed by atoms with Crippen molar-refractivity contribution in [3.8, 4) is 0 Å². The largest absolute Gasteiger partial charge is 0.276 e. The van der Waals surface area contributed by atoms with Gasteiger partial charge in [0.15, 0.2) is 0 Å². The minimum absolute atomic E-state index is 0.444. The maximum absolute atomic E-state index is 11.3. The molecule has 0 atom stereocenters. The fourth-order valence-electron chi connectivity index (χ4n) is 1.05. The monoisotopic (exact) mass is 248 g/mol. The minimum atomic E-state index is -3.29. The molecule has 6 heteroatoms. The summed E-state index contributed by atoms with van der Waals surface area (Å²) in [6, 6.07) is 3.96. The van der Waals surface area contributed by atoms with Crippen molar-refractivity contribution in [3.63, 3.8) is 0 Å². The van der Waals surface area contributed by atoms with Crippen LogP contribution in [0.5, 0.6) is 0 Å². The van der Waals surface area contributed by atoms with Crippen LogP contribution in [0.4, 0.5) is 0 Å². The SMILES string of the molecule is CCCNS(=O)(=O)NCCc1cccs1.